The molecule has 1 aliphatic heterocycles. The number of hydrogen-bond acceptors (Lipinski definition) is 5. The Morgan fingerprint density at radius 1 is 1.04 bits per heavy atom. The van der Waals surface area contributed by atoms with Gasteiger partial charge in [0.25, 0.3) is 0 Å². The number of benzene rings is 2. The van der Waals surface area contributed by atoms with E-state index in [1.54, 1.807) is 0 Å². The highest BCUT2D eigenvalue weighted by Gasteiger charge is 2.53. The average Bonchev–Trinajstić information content (AvgIpc) is 3.15. The van der Waals surface area contributed by atoms with Crippen molar-refractivity contribution in [2.24, 2.45) is 0 Å². The summed E-state index contributed by atoms with van der Waals surface area (Å²) < 4.78 is 16.2. The molecule has 0 atom stereocenters. The lowest BCUT2D eigenvalue weighted by Crippen LogP contribution is -2.34. The second kappa shape index (κ2) is 6.16. The lowest BCUT2D eigenvalue weighted by atomic mass is 10.00. The smallest absolute Gasteiger partial charge is 0.232 e. The highest BCUT2D eigenvalue weighted by molar-refractivity contribution is 5.91. The van der Waals surface area contributed by atoms with Gasteiger partial charge in [-0.1, -0.05) is 41.6 Å². The van der Waals surface area contributed by atoms with E-state index in [1.807, 2.05) is 54.6 Å². The summed E-state index contributed by atoms with van der Waals surface area (Å²) in [6.45, 7) is 0.671. The first-order chi connectivity index (χ1) is 13.2. The molecule has 3 aromatic rings. The van der Waals surface area contributed by atoms with Gasteiger partial charge < -0.3 is 19.3 Å². The van der Waals surface area contributed by atoms with Gasteiger partial charge in [0.2, 0.25) is 12.7 Å². The summed E-state index contributed by atoms with van der Waals surface area (Å²) in [6, 6.07) is 17.3. The van der Waals surface area contributed by atoms with Gasteiger partial charge in [-0.25, -0.2) is 0 Å². The van der Waals surface area contributed by atoms with E-state index < -0.39 is 5.41 Å². The Balaban J connectivity index is 1.29. The minimum absolute atomic E-state index is 0.0203. The zero-order valence-electron chi connectivity index (χ0n) is 14.6. The molecule has 1 saturated carbocycles. The molecule has 5 rings (SSSR count). The zero-order valence-corrected chi connectivity index (χ0v) is 14.6. The Bertz CT molecular complexity index is 992. The Morgan fingerprint density at radius 2 is 1.85 bits per heavy atom. The molecule has 6 nitrogen and oxygen atoms in total. The first kappa shape index (κ1) is 15.9. The Labute approximate surface area is 156 Å². The zero-order chi connectivity index (χ0) is 18.3. The van der Waals surface area contributed by atoms with Crippen LogP contribution in [-0.2, 0) is 16.8 Å². The summed E-state index contributed by atoms with van der Waals surface area (Å²) in [5.74, 6) is 2.11. The van der Waals surface area contributed by atoms with Crippen LogP contribution >= 0.6 is 0 Å². The minimum Gasteiger partial charge on any atom is -0.454 e. The molecule has 0 unspecified atom stereocenters. The van der Waals surface area contributed by atoms with Gasteiger partial charge in [-0.2, -0.15) is 0 Å². The largest absolute Gasteiger partial charge is 0.454 e. The van der Waals surface area contributed by atoms with Crippen molar-refractivity contribution in [2.75, 3.05) is 6.79 Å². The standard InChI is InChI=1S/C21H18N2O4/c24-20(22-12-14-6-7-16-18(10-14)26-13-25-16)21(8-9-21)19-11-17(27-23-19)15-4-2-1-3-5-15/h1-7,10-11H,8-9,12-13H2,(H,22,24). The number of amides is 1. The molecule has 0 bridgehead atoms. The second-order valence-electron chi connectivity index (χ2n) is 6.89. The van der Waals surface area contributed by atoms with Gasteiger partial charge in [0.15, 0.2) is 17.3 Å². The molecule has 0 saturated heterocycles. The van der Waals surface area contributed by atoms with Crippen molar-refractivity contribution in [1.29, 1.82) is 0 Å². The van der Waals surface area contributed by atoms with Gasteiger partial charge in [-0.3, -0.25) is 4.79 Å². The summed E-state index contributed by atoms with van der Waals surface area (Å²) in [7, 11) is 0. The van der Waals surface area contributed by atoms with Crippen molar-refractivity contribution in [3.8, 4) is 22.8 Å². The van der Waals surface area contributed by atoms with Gasteiger partial charge in [0.05, 0.1) is 11.1 Å². The molecule has 136 valence electrons. The maximum atomic E-state index is 12.8. The summed E-state index contributed by atoms with van der Waals surface area (Å²) in [5, 5.41) is 7.20. The van der Waals surface area contributed by atoms with Gasteiger partial charge in [0.1, 0.15) is 0 Å². The number of ether oxygens (including phenoxy) is 2. The maximum absolute atomic E-state index is 12.8. The predicted octanol–water partition coefficient (Wildman–Crippen LogP) is 3.42. The molecule has 6 heteroatoms. The molecule has 1 aromatic heterocycles. The minimum atomic E-state index is -0.577. The Hall–Kier alpha value is -3.28. The number of hydrogen-bond donors (Lipinski definition) is 1. The summed E-state index contributed by atoms with van der Waals surface area (Å²) in [4.78, 5) is 12.8. The molecular formula is C21H18N2O4. The highest BCUT2D eigenvalue weighted by Crippen LogP contribution is 2.48. The molecular weight excluding hydrogens is 344 g/mol. The van der Waals surface area contributed by atoms with Crippen LogP contribution in [0.25, 0.3) is 11.3 Å². The maximum Gasteiger partial charge on any atom is 0.232 e. The van der Waals surface area contributed by atoms with E-state index in [1.165, 1.54) is 0 Å². The van der Waals surface area contributed by atoms with Crippen LogP contribution in [0.2, 0.25) is 0 Å². The summed E-state index contributed by atoms with van der Waals surface area (Å²) >= 11 is 0. The molecule has 2 aromatic carbocycles. The van der Waals surface area contributed by atoms with Crippen LogP contribution in [0.5, 0.6) is 11.5 Å². The fourth-order valence-electron chi connectivity index (χ4n) is 3.37. The van der Waals surface area contributed by atoms with Crippen LogP contribution in [-0.4, -0.2) is 17.9 Å². The normalized spacial score (nSPS) is 16.1. The second-order valence-corrected chi connectivity index (χ2v) is 6.89. The monoisotopic (exact) mass is 362 g/mol. The number of rotatable bonds is 5. The third-order valence-corrected chi connectivity index (χ3v) is 5.13. The Morgan fingerprint density at radius 3 is 2.67 bits per heavy atom. The highest BCUT2D eigenvalue weighted by atomic mass is 16.7. The average molecular weight is 362 g/mol. The first-order valence-corrected chi connectivity index (χ1v) is 8.94. The predicted molar refractivity (Wildman–Crippen MR) is 97.3 cm³/mol. The van der Waals surface area contributed by atoms with Crippen molar-refractivity contribution >= 4 is 5.91 Å². The number of nitrogens with one attached hydrogen (secondary N) is 1. The number of aromatic nitrogens is 1. The summed E-state index contributed by atoms with van der Waals surface area (Å²) in [6.07, 6.45) is 1.56. The van der Waals surface area contributed by atoms with E-state index in [4.69, 9.17) is 14.0 Å². The van der Waals surface area contributed by atoms with Gasteiger partial charge in [-0.05, 0) is 30.5 Å². The van der Waals surface area contributed by atoms with Gasteiger partial charge in [0, 0.05) is 18.2 Å². The quantitative estimate of drug-likeness (QED) is 0.753. The van der Waals surface area contributed by atoms with Crippen molar-refractivity contribution in [1.82, 2.24) is 10.5 Å². The van der Waals surface area contributed by atoms with E-state index in [9.17, 15) is 4.79 Å². The van der Waals surface area contributed by atoms with Crippen LogP contribution in [0, 0.1) is 0 Å². The molecule has 2 aliphatic rings. The third-order valence-electron chi connectivity index (χ3n) is 5.13. The lowest BCUT2D eigenvalue weighted by Gasteiger charge is -2.12. The molecule has 1 fully saturated rings. The van der Waals surface area contributed by atoms with E-state index in [2.05, 4.69) is 10.5 Å². The van der Waals surface area contributed by atoms with E-state index in [-0.39, 0.29) is 12.7 Å². The fourth-order valence-corrected chi connectivity index (χ4v) is 3.37. The Kier molecular flexibility index (Phi) is 3.63. The summed E-state index contributed by atoms with van der Waals surface area (Å²) in [5.41, 5.74) is 2.04. The molecule has 1 amide bonds. The molecule has 1 N–H and O–H groups in total. The van der Waals surface area contributed by atoms with Crippen molar-refractivity contribution < 1.29 is 18.8 Å². The van der Waals surface area contributed by atoms with Crippen LogP contribution in [0.4, 0.5) is 0 Å². The fraction of sp³-hybridized carbons (Fsp3) is 0.238. The molecule has 27 heavy (non-hydrogen) atoms. The van der Waals surface area contributed by atoms with Gasteiger partial charge >= 0.3 is 0 Å². The van der Waals surface area contributed by atoms with Crippen LogP contribution < -0.4 is 14.8 Å². The van der Waals surface area contributed by atoms with Gasteiger partial charge in [-0.15, -0.1) is 0 Å². The number of nitrogens with zero attached hydrogens (tertiary/aromatic N) is 1. The number of carbonyl (C=O) groups is 1. The molecule has 2 heterocycles. The van der Waals surface area contributed by atoms with Crippen molar-refractivity contribution in [3.63, 3.8) is 0 Å². The number of carbonyl (C=O) groups excluding carboxylic acids is 1. The molecule has 0 spiro atoms. The van der Waals surface area contributed by atoms with Crippen molar-refractivity contribution in [2.45, 2.75) is 24.8 Å². The number of fused-ring (bicyclic) bond motifs is 1. The first-order valence-electron chi connectivity index (χ1n) is 8.94. The van der Waals surface area contributed by atoms with Crippen molar-refractivity contribution in [3.05, 3.63) is 65.9 Å². The third kappa shape index (κ3) is 2.83. The van der Waals surface area contributed by atoms with E-state index in [0.717, 1.165) is 29.7 Å². The van der Waals surface area contributed by atoms with Crippen LogP contribution in [0.15, 0.2) is 59.1 Å². The molecule has 0 radical (unpaired) electrons. The van der Waals surface area contributed by atoms with Crippen LogP contribution in [0.3, 0.4) is 0 Å². The van der Waals surface area contributed by atoms with Crippen LogP contribution in [0.1, 0.15) is 24.1 Å². The SMILES string of the molecule is O=C(NCc1ccc2c(c1)OCO2)C1(c2cc(-c3ccccc3)on2)CC1. The lowest BCUT2D eigenvalue weighted by molar-refractivity contribution is -0.123. The van der Waals surface area contributed by atoms with E-state index >= 15 is 0 Å². The van der Waals surface area contributed by atoms with E-state index in [0.29, 0.717) is 23.7 Å². The molecule has 1 aliphatic carbocycles. The topological polar surface area (TPSA) is 73.6 Å².